The van der Waals surface area contributed by atoms with Crippen LogP contribution in [0, 0.1) is 0 Å². The van der Waals surface area contributed by atoms with Crippen molar-refractivity contribution in [1.82, 2.24) is 0 Å². The molecule has 2 heteroatoms. The first-order chi connectivity index (χ1) is 8.90. The standard InChI is InChI=1S/C17H27NO/c1-13(8-6-7-11-18)15-12-14(17(2,3)4)9-10-16(15)19-5/h8-10,12H,6-7,11,18H2,1-5H3/b13-8+. The summed E-state index contributed by atoms with van der Waals surface area (Å²) in [6, 6.07) is 6.46. The van der Waals surface area contributed by atoms with Gasteiger partial charge in [0.25, 0.3) is 0 Å². The summed E-state index contributed by atoms with van der Waals surface area (Å²) in [5, 5.41) is 0. The monoisotopic (exact) mass is 261 g/mol. The molecule has 0 bridgehead atoms. The van der Waals surface area contributed by atoms with Crippen molar-refractivity contribution in [3.63, 3.8) is 0 Å². The molecule has 106 valence electrons. The van der Waals surface area contributed by atoms with Crippen molar-refractivity contribution in [2.24, 2.45) is 5.73 Å². The number of hydrogen-bond donors (Lipinski definition) is 1. The Hall–Kier alpha value is -1.28. The van der Waals surface area contributed by atoms with E-state index in [2.05, 4.69) is 52.0 Å². The van der Waals surface area contributed by atoms with Crippen LogP contribution >= 0.6 is 0 Å². The van der Waals surface area contributed by atoms with Crippen molar-refractivity contribution in [2.45, 2.75) is 46.0 Å². The van der Waals surface area contributed by atoms with Gasteiger partial charge < -0.3 is 10.5 Å². The van der Waals surface area contributed by atoms with Gasteiger partial charge in [-0.3, -0.25) is 0 Å². The van der Waals surface area contributed by atoms with Gasteiger partial charge in [-0.15, -0.1) is 0 Å². The molecule has 0 saturated heterocycles. The maximum Gasteiger partial charge on any atom is 0.126 e. The predicted octanol–water partition coefficient (Wildman–Crippen LogP) is 4.13. The highest BCUT2D eigenvalue weighted by Gasteiger charge is 2.16. The van der Waals surface area contributed by atoms with E-state index in [9.17, 15) is 0 Å². The summed E-state index contributed by atoms with van der Waals surface area (Å²) in [6.07, 6.45) is 4.29. The minimum Gasteiger partial charge on any atom is -0.496 e. The first-order valence-corrected chi connectivity index (χ1v) is 6.96. The Morgan fingerprint density at radius 1 is 1.32 bits per heavy atom. The molecule has 0 saturated carbocycles. The average molecular weight is 261 g/mol. The van der Waals surface area contributed by atoms with Gasteiger partial charge in [-0.25, -0.2) is 0 Å². The van der Waals surface area contributed by atoms with Gasteiger partial charge >= 0.3 is 0 Å². The van der Waals surface area contributed by atoms with Crippen molar-refractivity contribution in [2.75, 3.05) is 13.7 Å². The summed E-state index contributed by atoms with van der Waals surface area (Å²) in [4.78, 5) is 0. The summed E-state index contributed by atoms with van der Waals surface area (Å²) in [6.45, 7) is 9.56. The second kappa shape index (κ2) is 6.76. The Balaban J connectivity index is 3.12. The molecule has 0 spiro atoms. The predicted molar refractivity (Wildman–Crippen MR) is 83.6 cm³/mol. The van der Waals surface area contributed by atoms with E-state index < -0.39 is 0 Å². The van der Waals surface area contributed by atoms with E-state index in [4.69, 9.17) is 10.5 Å². The Morgan fingerprint density at radius 2 is 2.00 bits per heavy atom. The molecule has 0 heterocycles. The maximum atomic E-state index is 5.54. The quantitative estimate of drug-likeness (QED) is 0.809. The second-order valence-corrected chi connectivity index (χ2v) is 5.98. The number of nitrogens with two attached hydrogens (primary N) is 1. The fraction of sp³-hybridized carbons (Fsp3) is 0.529. The van der Waals surface area contributed by atoms with Gasteiger partial charge in [-0.1, -0.05) is 32.9 Å². The molecule has 2 nitrogen and oxygen atoms in total. The zero-order valence-electron chi connectivity index (χ0n) is 12.9. The van der Waals surface area contributed by atoms with E-state index in [1.165, 1.54) is 16.7 Å². The lowest BCUT2D eigenvalue weighted by Crippen LogP contribution is -2.11. The van der Waals surface area contributed by atoms with Gasteiger partial charge in [0.2, 0.25) is 0 Å². The third-order valence-corrected chi connectivity index (χ3v) is 3.35. The smallest absolute Gasteiger partial charge is 0.126 e. The van der Waals surface area contributed by atoms with Crippen molar-refractivity contribution in [3.8, 4) is 5.75 Å². The van der Waals surface area contributed by atoms with Crippen LogP contribution in [0.1, 0.15) is 51.7 Å². The number of ether oxygens (including phenoxy) is 1. The number of benzene rings is 1. The van der Waals surface area contributed by atoms with Gasteiger partial charge in [0.1, 0.15) is 5.75 Å². The van der Waals surface area contributed by atoms with Crippen LogP contribution in [0.15, 0.2) is 24.3 Å². The lowest BCUT2D eigenvalue weighted by atomic mass is 9.85. The number of hydrogen-bond acceptors (Lipinski definition) is 2. The molecule has 0 unspecified atom stereocenters. The van der Waals surface area contributed by atoms with E-state index in [0.717, 1.165) is 25.1 Å². The number of unbranched alkanes of at least 4 members (excludes halogenated alkanes) is 1. The summed E-state index contributed by atoms with van der Waals surface area (Å²) in [5.41, 5.74) is 9.46. The average Bonchev–Trinajstić information content (AvgIpc) is 2.37. The number of allylic oxidation sites excluding steroid dienone is 2. The lowest BCUT2D eigenvalue weighted by Gasteiger charge is -2.21. The Morgan fingerprint density at radius 3 is 2.53 bits per heavy atom. The fourth-order valence-electron chi connectivity index (χ4n) is 2.03. The molecule has 0 amide bonds. The van der Waals surface area contributed by atoms with Crippen LogP contribution in [0.5, 0.6) is 5.75 Å². The SMILES string of the molecule is COc1ccc(C(C)(C)C)cc1/C(C)=C/CCCN. The molecular weight excluding hydrogens is 234 g/mol. The zero-order valence-corrected chi connectivity index (χ0v) is 12.9. The Bertz CT molecular complexity index is 441. The van der Waals surface area contributed by atoms with E-state index >= 15 is 0 Å². The van der Waals surface area contributed by atoms with Crippen LogP contribution in [0.4, 0.5) is 0 Å². The highest BCUT2D eigenvalue weighted by molar-refractivity contribution is 5.70. The number of rotatable bonds is 5. The van der Waals surface area contributed by atoms with Crippen molar-refractivity contribution in [1.29, 1.82) is 0 Å². The van der Waals surface area contributed by atoms with Gasteiger partial charge in [0.15, 0.2) is 0 Å². The normalized spacial score (nSPS) is 12.6. The minimum atomic E-state index is 0.151. The third kappa shape index (κ3) is 4.39. The molecule has 0 aliphatic carbocycles. The molecule has 0 aliphatic rings. The van der Waals surface area contributed by atoms with Crippen molar-refractivity contribution in [3.05, 3.63) is 35.4 Å². The molecule has 1 aromatic carbocycles. The summed E-state index contributed by atoms with van der Waals surface area (Å²) in [7, 11) is 1.72. The summed E-state index contributed by atoms with van der Waals surface area (Å²) in [5.74, 6) is 0.939. The third-order valence-electron chi connectivity index (χ3n) is 3.35. The molecular formula is C17H27NO. The highest BCUT2D eigenvalue weighted by atomic mass is 16.5. The molecule has 0 aliphatic heterocycles. The lowest BCUT2D eigenvalue weighted by molar-refractivity contribution is 0.413. The van der Waals surface area contributed by atoms with Crippen LogP contribution in [0.2, 0.25) is 0 Å². The largest absolute Gasteiger partial charge is 0.496 e. The van der Waals surface area contributed by atoms with Crippen LogP contribution in [0.3, 0.4) is 0 Å². The van der Waals surface area contributed by atoms with E-state index in [1.54, 1.807) is 7.11 Å². The molecule has 0 radical (unpaired) electrons. The molecule has 1 rings (SSSR count). The van der Waals surface area contributed by atoms with Gasteiger partial charge in [-0.2, -0.15) is 0 Å². The Labute approximate surface area is 117 Å². The van der Waals surface area contributed by atoms with Gasteiger partial charge in [0, 0.05) is 5.56 Å². The topological polar surface area (TPSA) is 35.2 Å². The second-order valence-electron chi connectivity index (χ2n) is 5.98. The molecule has 0 fully saturated rings. The fourth-order valence-corrected chi connectivity index (χ4v) is 2.03. The molecule has 0 aromatic heterocycles. The van der Waals surface area contributed by atoms with Crippen LogP contribution < -0.4 is 10.5 Å². The van der Waals surface area contributed by atoms with Crippen molar-refractivity contribution >= 4 is 5.57 Å². The minimum absolute atomic E-state index is 0.151. The van der Waals surface area contributed by atoms with Crippen LogP contribution in [-0.4, -0.2) is 13.7 Å². The first kappa shape index (κ1) is 15.8. The van der Waals surface area contributed by atoms with Crippen LogP contribution in [-0.2, 0) is 5.41 Å². The van der Waals surface area contributed by atoms with Crippen molar-refractivity contribution < 1.29 is 4.74 Å². The molecule has 19 heavy (non-hydrogen) atoms. The molecule has 2 N–H and O–H groups in total. The van der Waals surface area contributed by atoms with Gasteiger partial charge in [0.05, 0.1) is 7.11 Å². The molecule has 0 atom stereocenters. The maximum absolute atomic E-state index is 5.54. The first-order valence-electron chi connectivity index (χ1n) is 6.96. The van der Waals surface area contributed by atoms with E-state index in [-0.39, 0.29) is 5.41 Å². The highest BCUT2D eigenvalue weighted by Crippen LogP contribution is 2.32. The van der Waals surface area contributed by atoms with E-state index in [1.807, 2.05) is 0 Å². The van der Waals surface area contributed by atoms with Gasteiger partial charge in [-0.05, 0) is 55.0 Å². The number of methoxy groups -OCH3 is 1. The molecule has 1 aromatic rings. The van der Waals surface area contributed by atoms with E-state index in [0.29, 0.717) is 0 Å². The summed E-state index contributed by atoms with van der Waals surface area (Å²) >= 11 is 0. The zero-order chi connectivity index (χ0) is 14.5. The summed E-state index contributed by atoms with van der Waals surface area (Å²) < 4.78 is 5.47. The Kier molecular flexibility index (Phi) is 5.61. The van der Waals surface area contributed by atoms with Crippen LogP contribution in [0.25, 0.3) is 5.57 Å².